The highest BCUT2D eigenvalue weighted by molar-refractivity contribution is 14.0. The predicted molar refractivity (Wildman–Crippen MR) is 122 cm³/mol. The van der Waals surface area contributed by atoms with Gasteiger partial charge in [-0.2, -0.15) is 0 Å². The number of halogens is 2. The number of aliphatic imine (C=N–C) groups is 1. The van der Waals surface area contributed by atoms with Crippen LogP contribution in [-0.2, 0) is 9.47 Å². The van der Waals surface area contributed by atoms with Gasteiger partial charge < -0.3 is 19.7 Å². The van der Waals surface area contributed by atoms with E-state index in [9.17, 15) is 4.39 Å². The number of benzene rings is 1. The fourth-order valence-electron chi connectivity index (χ4n) is 4.64. The molecule has 3 heterocycles. The zero-order valence-electron chi connectivity index (χ0n) is 17.1. The van der Waals surface area contributed by atoms with Crippen molar-refractivity contribution in [3.63, 3.8) is 0 Å². The molecule has 8 heteroatoms. The van der Waals surface area contributed by atoms with Gasteiger partial charge >= 0.3 is 0 Å². The van der Waals surface area contributed by atoms with Gasteiger partial charge in [0.25, 0.3) is 0 Å². The number of likely N-dealkylation sites (tertiary alicyclic amines) is 1. The van der Waals surface area contributed by atoms with Gasteiger partial charge in [-0.1, -0.05) is 12.1 Å². The first-order valence-corrected chi connectivity index (χ1v) is 10.3. The van der Waals surface area contributed by atoms with Gasteiger partial charge in [0.05, 0.1) is 25.9 Å². The van der Waals surface area contributed by atoms with Crippen LogP contribution in [0.5, 0.6) is 0 Å². The second-order valence-corrected chi connectivity index (χ2v) is 8.12. The highest BCUT2D eigenvalue weighted by Gasteiger charge is 2.42. The SMILES string of the molecule is CN=C(NCC(c1ccc(F)cc1)N1CCOCC1)N1CCC2(CCOC2)C1.I. The summed E-state index contributed by atoms with van der Waals surface area (Å²) in [5.41, 5.74) is 1.42. The van der Waals surface area contributed by atoms with E-state index in [2.05, 4.69) is 20.1 Å². The number of ether oxygens (including phenoxy) is 2. The standard InChI is InChI=1S/C21H31FN4O2.HI/c1-23-20(26-8-6-21(15-26)7-11-28-16-21)24-14-19(25-9-12-27-13-10-25)17-2-4-18(22)5-3-17;/h2-5,19H,6-16H2,1H3,(H,23,24);1H. The molecule has 2 unspecified atom stereocenters. The van der Waals surface area contributed by atoms with Crippen molar-refractivity contribution in [1.29, 1.82) is 0 Å². The lowest BCUT2D eigenvalue weighted by atomic mass is 9.87. The minimum absolute atomic E-state index is 0. The number of nitrogens with one attached hydrogen (secondary N) is 1. The summed E-state index contributed by atoms with van der Waals surface area (Å²) < 4.78 is 24.6. The Morgan fingerprint density at radius 3 is 2.55 bits per heavy atom. The third-order valence-electron chi connectivity index (χ3n) is 6.33. The number of hydrogen-bond acceptors (Lipinski definition) is 4. The Kier molecular flexibility index (Phi) is 8.12. The molecule has 162 valence electrons. The maximum Gasteiger partial charge on any atom is 0.193 e. The van der Waals surface area contributed by atoms with E-state index >= 15 is 0 Å². The summed E-state index contributed by atoms with van der Waals surface area (Å²) in [6, 6.07) is 7.03. The zero-order valence-corrected chi connectivity index (χ0v) is 19.4. The average molecular weight is 518 g/mol. The van der Waals surface area contributed by atoms with Crippen LogP contribution in [0.1, 0.15) is 24.4 Å². The van der Waals surface area contributed by atoms with Gasteiger partial charge in [0.1, 0.15) is 5.82 Å². The third-order valence-corrected chi connectivity index (χ3v) is 6.33. The lowest BCUT2D eigenvalue weighted by Gasteiger charge is -2.36. The highest BCUT2D eigenvalue weighted by atomic mass is 127. The van der Waals surface area contributed by atoms with Gasteiger partial charge in [-0.05, 0) is 30.5 Å². The molecule has 0 bridgehead atoms. The molecule has 1 N–H and O–H groups in total. The summed E-state index contributed by atoms with van der Waals surface area (Å²) in [6.07, 6.45) is 2.31. The Hall–Kier alpha value is -0.970. The van der Waals surface area contributed by atoms with Crippen molar-refractivity contribution in [3.05, 3.63) is 35.6 Å². The lowest BCUT2D eigenvalue weighted by Crippen LogP contribution is -2.47. The Bertz CT molecular complexity index is 676. The van der Waals surface area contributed by atoms with Crippen LogP contribution >= 0.6 is 24.0 Å². The van der Waals surface area contributed by atoms with E-state index < -0.39 is 0 Å². The Morgan fingerprint density at radius 1 is 1.14 bits per heavy atom. The van der Waals surface area contributed by atoms with E-state index in [1.54, 1.807) is 12.1 Å². The first-order valence-electron chi connectivity index (χ1n) is 10.3. The summed E-state index contributed by atoms with van der Waals surface area (Å²) >= 11 is 0. The largest absolute Gasteiger partial charge is 0.381 e. The molecule has 0 radical (unpaired) electrons. The Balaban J connectivity index is 0.00000240. The van der Waals surface area contributed by atoms with Crippen molar-refractivity contribution in [3.8, 4) is 0 Å². The highest BCUT2D eigenvalue weighted by Crippen LogP contribution is 2.38. The van der Waals surface area contributed by atoms with E-state index in [-0.39, 0.29) is 35.8 Å². The van der Waals surface area contributed by atoms with E-state index in [4.69, 9.17) is 9.47 Å². The molecule has 3 aliphatic heterocycles. The summed E-state index contributed by atoms with van der Waals surface area (Å²) in [5, 5.41) is 3.59. The van der Waals surface area contributed by atoms with E-state index in [0.717, 1.165) is 77.1 Å². The summed E-state index contributed by atoms with van der Waals surface area (Å²) in [7, 11) is 1.85. The van der Waals surface area contributed by atoms with Crippen LogP contribution in [0.2, 0.25) is 0 Å². The van der Waals surface area contributed by atoms with Crippen molar-refractivity contribution < 1.29 is 13.9 Å². The molecule has 3 aliphatic rings. The maximum atomic E-state index is 13.4. The number of guanidine groups is 1. The van der Waals surface area contributed by atoms with Gasteiger partial charge in [-0.3, -0.25) is 9.89 Å². The van der Waals surface area contributed by atoms with E-state index in [1.807, 2.05) is 19.2 Å². The molecule has 1 aromatic rings. The zero-order chi connectivity index (χ0) is 19.4. The molecule has 2 atom stereocenters. The Labute approximate surface area is 189 Å². The van der Waals surface area contributed by atoms with Crippen molar-refractivity contribution in [2.24, 2.45) is 10.4 Å². The molecule has 3 fully saturated rings. The van der Waals surface area contributed by atoms with Crippen molar-refractivity contribution in [2.75, 3.05) is 66.2 Å². The number of hydrogen-bond donors (Lipinski definition) is 1. The average Bonchev–Trinajstić information content (AvgIpc) is 3.37. The van der Waals surface area contributed by atoms with Gasteiger partial charge in [-0.25, -0.2) is 4.39 Å². The number of morpholine rings is 1. The normalized spacial score (nSPS) is 26.6. The maximum absolute atomic E-state index is 13.4. The van der Waals surface area contributed by atoms with Crippen LogP contribution in [0.15, 0.2) is 29.3 Å². The number of rotatable bonds is 4. The molecule has 0 saturated carbocycles. The van der Waals surface area contributed by atoms with E-state index in [0.29, 0.717) is 5.41 Å². The smallest absolute Gasteiger partial charge is 0.193 e. The molecule has 6 nitrogen and oxygen atoms in total. The topological polar surface area (TPSA) is 49.3 Å². The molecule has 29 heavy (non-hydrogen) atoms. The quantitative estimate of drug-likeness (QED) is 0.377. The molecule has 4 rings (SSSR count). The summed E-state index contributed by atoms with van der Waals surface area (Å²) in [4.78, 5) is 9.30. The molecular formula is C21H32FIN4O2. The van der Waals surface area contributed by atoms with Crippen molar-refractivity contribution in [2.45, 2.75) is 18.9 Å². The van der Waals surface area contributed by atoms with Crippen LogP contribution < -0.4 is 5.32 Å². The summed E-state index contributed by atoms with van der Waals surface area (Å²) in [6.45, 7) is 7.74. The van der Waals surface area contributed by atoms with Gasteiger partial charge in [0.15, 0.2) is 5.96 Å². The summed E-state index contributed by atoms with van der Waals surface area (Å²) in [5.74, 6) is 0.749. The molecule has 1 spiro atoms. The van der Waals surface area contributed by atoms with Crippen LogP contribution in [0.3, 0.4) is 0 Å². The molecule has 3 saturated heterocycles. The first kappa shape index (κ1) is 22.7. The van der Waals surface area contributed by atoms with Crippen molar-refractivity contribution >= 4 is 29.9 Å². The second-order valence-electron chi connectivity index (χ2n) is 8.12. The molecular weight excluding hydrogens is 486 g/mol. The second kappa shape index (κ2) is 10.4. The molecule has 0 aromatic heterocycles. The third kappa shape index (κ3) is 5.39. The molecule has 1 aromatic carbocycles. The Morgan fingerprint density at radius 2 is 1.90 bits per heavy atom. The van der Waals surface area contributed by atoms with Crippen LogP contribution in [0, 0.1) is 11.2 Å². The van der Waals surface area contributed by atoms with Gasteiger partial charge in [0.2, 0.25) is 0 Å². The van der Waals surface area contributed by atoms with Gasteiger partial charge in [0, 0.05) is 51.8 Å². The predicted octanol–water partition coefficient (Wildman–Crippen LogP) is 2.50. The fraction of sp³-hybridized carbons (Fsp3) is 0.667. The monoisotopic (exact) mass is 518 g/mol. The first-order chi connectivity index (χ1) is 13.7. The minimum Gasteiger partial charge on any atom is -0.381 e. The van der Waals surface area contributed by atoms with Crippen LogP contribution in [0.4, 0.5) is 4.39 Å². The molecule has 0 amide bonds. The minimum atomic E-state index is -0.200. The lowest BCUT2D eigenvalue weighted by molar-refractivity contribution is 0.0169. The van der Waals surface area contributed by atoms with Crippen LogP contribution in [-0.4, -0.2) is 82.0 Å². The van der Waals surface area contributed by atoms with Gasteiger partial charge in [-0.15, -0.1) is 24.0 Å². The van der Waals surface area contributed by atoms with E-state index in [1.165, 1.54) is 6.42 Å². The number of nitrogens with zero attached hydrogens (tertiary/aromatic N) is 3. The fourth-order valence-corrected chi connectivity index (χ4v) is 4.64. The van der Waals surface area contributed by atoms with Crippen molar-refractivity contribution in [1.82, 2.24) is 15.1 Å². The molecule has 0 aliphatic carbocycles. The van der Waals surface area contributed by atoms with Crippen LogP contribution in [0.25, 0.3) is 0 Å².